The van der Waals surface area contributed by atoms with E-state index in [1.165, 1.54) is 185 Å². The van der Waals surface area contributed by atoms with E-state index < -0.39 is 11.6 Å². The Labute approximate surface area is 875 Å². The van der Waals surface area contributed by atoms with Crippen molar-refractivity contribution in [3.05, 3.63) is 410 Å². The highest BCUT2D eigenvalue weighted by Crippen LogP contribution is 2.44. The lowest BCUT2D eigenvalue weighted by Crippen LogP contribution is -2.10. The molecule has 0 aliphatic rings. The lowest BCUT2D eigenvalue weighted by molar-refractivity contribution is 0.536. The van der Waals surface area contributed by atoms with E-state index in [0.717, 1.165) is 11.1 Å². The summed E-state index contributed by atoms with van der Waals surface area (Å²) in [6, 6.07) is 86.4. The van der Waals surface area contributed by atoms with Gasteiger partial charge < -0.3 is 9.80 Å². The van der Waals surface area contributed by atoms with E-state index in [-0.39, 0.29) is 29.1 Å². The summed E-state index contributed by atoms with van der Waals surface area (Å²) in [5, 5.41) is 5.04. The molecule has 0 heterocycles. The normalized spacial score (nSPS) is 11.4. The third kappa shape index (κ3) is 31.8. The van der Waals surface area contributed by atoms with Gasteiger partial charge in [-0.05, 0) is 417 Å². The summed E-state index contributed by atoms with van der Waals surface area (Å²) < 4.78 is 40.4. The summed E-state index contributed by atoms with van der Waals surface area (Å²) >= 11 is 0. The van der Waals surface area contributed by atoms with Gasteiger partial charge in [-0.2, -0.15) is 0 Å². The van der Waals surface area contributed by atoms with E-state index in [9.17, 15) is 13.2 Å². The molecule has 144 heavy (non-hydrogen) atoms. The Morgan fingerprint density at radius 3 is 0.778 bits per heavy atom. The van der Waals surface area contributed by atoms with Gasteiger partial charge in [-0.15, -0.1) is 0 Å². The monoisotopic (exact) mass is 1940 g/mol. The quantitative estimate of drug-likeness (QED) is 0.0667. The standard InChI is InChI=1S/2C28H29N.C16H26.C15H24.2C14H22.C12H16F2.C12H17F/c1-20(2)22-12-16-25(17-13-22)29(26-18-14-23(15-19-26)21(3)4)28-11-7-9-24-8-5-6-10-27(24)28;1-20(2)22-9-14-26(15-10-22)29(27-16-11-23(12-17-27)21(3)4)28-18-13-24-7-5-6-8-25(24)19-28;1-9(2)15-11(5)13(7)16(10(3)4)14(8)12(15)6;1-9(2)14-8-11(5)15(10(3)4)13(7)12(14)6;1-9(2)13-7-12(6)14(10(3)4)8-11(13)5;1-9(2)13-7-8-14(10(3)4)12(6)11(13)5;1-7(2)9-5-10(13)12(8(3)4)11(14)6-9;1-8(2)10-5-6-11(9(3)4)12(13)7-10/h2*5-21H,1-4H3;9-10H,1-8H3;8-10H,1-7H3;2*7-10H,1-6H3;5-8H,1-4H3;5-9H,1-4H3. The van der Waals surface area contributed by atoms with Crippen LogP contribution in [0.2, 0.25) is 0 Å². The Bertz CT molecular complexity index is 6130. The van der Waals surface area contributed by atoms with Gasteiger partial charge in [0.15, 0.2) is 0 Å². The smallest absolute Gasteiger partial charge is 0.129 e. The van der Waals surface area contributed by atoms with Crippen LogP contribution in [0.15, 0.2) is 243 Å². The number of halogens is 3. The van der Waals surface area contributed by atoms with E-state index in [4.69, 9.17) is 0 Å². The Kier molecular flexibility index (Phi) is 45.8. The van der Waals surface area contributed by atoms with Crippen LogP contribution in [0.3, 0.4) is 0 Å². The summed E-state index contributed by atoms with van der Waals surface area (Å²) in [4.78, 5) is 4.72. The zero-order chi connectivity index (χ0) is 108. The van der Waals surface area contributed by atoms with Gasteiger partial charge in [0.05, 0.1) is 5.69 Å². The highest BCUT2D eigenvalue weighted by atomic mass is 19.1. The number of anilines is 6. The van der Waals surface area contributed by atoms with Crippen LogP contribution in [0, 0.1) is 93.6 Å². The van der Waals surface area contributed by atoms with Crippen LogP contribution >= 0.6 is 0 Å². The Hall–Kier alpha value is -11.0. The van der Waals surface area contributed by atoms with Gasteiger partial charge in [-0.25, -0.2) is 13.2 Å². The minimum atomic E-state index is -0.427. The third-order valence-corrected chi connectivity index (χ3v) is 29.2. The van der Waals surface area contributed by atoms with Gasteiger partial charge in [-0.1, -0.05) is 379 Å². The predicted molar refractivity (Wildman–Crippen MR) is 633 cm³/mol. The fraction of sp³-hybridized carbons (Fsp3) is 0.424. The first-order chi connectivity index (χ1) is 67.5. The van der Waals surface area contributed by atoms with Crippen LogP contribution < -0.4 is 9.80 Å². The molecule has 14 aromatic carbocycles. The van der Waals surface area contributed by atoms with E-state index in [1.54, 1.807) is 31.0 Å². The number of benzene rings is 14. The van der Waals surface area contributed by atoms with Crippen molar-refractivity contribution in [1.29, 1.82) is 0 Å². The first-order valence-corrected chi connectivity index (χ1v) is 54.2. The summed E-state index contributed by atoms with van der Waals surface area (Å²) in [6.07, 6.45) is 0. The second-order valence-electron chi connectivity index (χ2n) is 45.6. The number of hydrogen-bond donors (Lipinski definition) is 0. The molecule has 14 aromatic rings. The molecular formula is C139H185F3N2. The van der Waals surface area contributed by atoms with Crippen LogP contribution in [0.1, 0.15) is 466 Å². The molecule has 14 rings (SSSR count). The van der Waals surface area contributed by atoms with Crippen molar-refractivity contribution in [1.82, 2.24) is 0 Å². The average Bonchev–Trinajstić information content (AvgIpc) is 0.782. The van der Waals surface area contributed by atoms with Gasteiger partial charge in [0.1, 0.15) is 17.5 Å². The summed E-state index contributed by atoms with van der Waals surface area (Å²) in [6.45, 7) is 94.7. The maximum Gasteiger partial charge on any atom is 0.129 e. The number of hydrogen-bond acceptors (Lipinski definition) is 2. The second-order valence-corrected chi connectivity index (χ2v) is 45.6. The molecule has 0 aromatic heterocycles. The zero-order valence-electron chi connectivity index (χ0n) is 97.4. The zero-order valence-corrected chi connectivity index (χ0v) is 97.4. The molecule has 0 N–H and O–H groups in total. The topological polar surface area (TPSA) is 6.48 Å². The van der Waals surface area contributed by atoms with Crippen LogP contribution in [0.5, 0.6) is 0 Å². The highest BCUT2D eigenvalue weighted by molar-refractivity contribution is 5.99. The van der Waals surface area contributed by atoms with Gasteiger partial charge >= 0.3 is 0 Å². The molecule has 772 valence electrons. The van der Waals surface area contributed by atoms with Gasteiger partial charge in [0.2, 0.25) is 0 Å². The largest absolute Gasteiger partial charge is 0.310 e. The molecule has 5 heteroatoms. The number of rotatable bonds is 22. The third-order valence-electron chi connectivity index (χ3n) is 29.2. The molecule has 0 aliphatic carbocycles. The minimum absolute atomic E-state index is 0.0683. The molecule has 0 amide bonds. The van der Waals surface area contributed by atoms with Crippen molar-refractivity contribution < 1.29 is 13.2 Å². The summed E-state index contributed by atoms with van der Waals surface area (Å²) in [5.41, 5.74) is 43.8. The Balaban J connectivity index is 0.000000229. The Morgan fingerprint density at radius 2 is 0.444 bits per heavy atom. The average molecular weight is 1940 g/mol. The maximum absolute atomic E-state index is 13.5. The van der Waals surface area contributed by atoms with Gasteiger partial charge in [0.25, 0.3) is 0 Å². The molecule has 0 bridgehead atoms. The van der Waals surface area contributed by atoms with E-state index in [2.05, 4.69) is 478 Å². The molecule has 0 unspecified atom stereocenters. The molecule has 0 saturated carbocycles. The fourth-order valence-electron chi connectivity index (χ4n) is 20.4. The van der Waals surface area contributed by atoms with Gasteiger partial charge in [0, 0.05) is 39.4 Å². The van der Waals surface area contributed by atoms with Crippen molar-refractivity contribution in [3.8, 4) is 0 Å². The van der Waals surface area contributed by atoms with Crippen molar-refractivity contribution in [3.63, 3.8) is 0 Å². The molecule has 0 radical (unpaired) electrons. The molecule has 0 saturated heterocycles. The molecule has 0 fully saturated rings. The Morgan fingerprint density at radius 1 is 0.167 bits per heavy atom. The number of nitrogens with zero attached hydrogens (tertiary/aromatic N) is 2. The molecule has 2 nitrogen and oxygen atoms in total. The SMILES string of the molecule is CC(C)c1cc(F)c(C(C)C)c(F)c1.CC(C)c1ccc(C(C)C)c(F)c1.CC(C)c1ccc(N(c2ccc(C(C)C)cc2)c2ccc3ccccc3c2)cc1.CC(C)c1ccc(N(c2ccc(C(C)C)cc2)c2cccc3ccccc23)cc1.Cc1c(C(C)C)ccc(C(C)C)c1C.Cc1c(C)c(C(C)C)c(C)c(C)c1C(C)C.Cc1cc(C(C)C)c(C)c(C)c1C(C)C.Cc1cc(C(C)C)c(C)cc1C(C)C. The van der Waals surface area contributed by atoms with E-state index in [1.807, 2.05) is 39.8 Å². The molecule has 0 aliphatic heterocycles. The van der Waals surface area contributed by atoms with Crippen LogP contribution in [-0.4, -0.2) is 0 Å². The van der Waals surface area contributed by atoms with Crippen molar-refractivity contribution in [2.75, 3.05) is 9.80 Å². The number of fused-ring (bicyclic) bond motifs is 2. The van der Waals surface area contributed by atoms with Crippen LogP contribution in [-0.2, 0) is 0 Å². The van der Waals surface area contributed by atoms with Crippen LogP contribution in [0.4, 0.5) is 47.3 Å². The lowest BCUT2D eigenvalue weighted by Gasteiger charge is -2.27. The highest BCUT2D eigenvalue weighted by Gasteiger charge is 2.24. The van der Waals surface area contributed by atoms with Crippen molar-refractivity contribution >= 4 is 55.7 Å². The summed E-state index contributed by atoms with van der Waals surface area (Å²) in [5.74, 6) is 6.94. The second kappa shape index (κ2) is 55.0. The van der Waals surface area contributed by atoms with Gasteiger partial charge in [-0.3, -0.25) is 0 Å². The lowest BCUT2D eigenvalue weighted by atomic mass is 9.81. The minimum Gasteiger partial charge on any atom is -0.310 e. The van der Waals surface area contributed by atoms with Crippen LogP contribution in [0.25, 0.3) is 21.5 Å². The van der Waals surface area contributed by atoms with E-state index >= 15 is 0 Å². The molecule has 0 atom stereocenters. The number of aryl methyl sites for hydroxylation is 3. The first kappa shape index (κ1) is 120. The van der Waals surface area contributed by atoms with E-state index in [0.29, 0.717) is 82.5 Å². The maximum atomic E-state index is 13.5. The fourth-order valence-corrected chi connectivity index (χ4v) is 20.4. The van der Waals surface area contributed by atoms with Crippen molar-refractivity contribution in [2.24, 2.45) is 0 Å². The predicted octanol–water partition coefficient (Wildman–Crippen LogP) is 44.5. The molecule has 0 spiro atoms. The first-order valence-electron chi connectivity index (χ1n) is 54.2. The van der Waals surface area contributed by atoms with Crippen molar-refractivity contribution in [2.45, 2.75) is 392 Å². The summed E-state index contributed by atoms with van der Waals surface area (Å²) in [7, 11) is 0. The molecular weight excluding hydrogens is 1750 g/mol.